The molecule has 5 nitrogen and oxygen atoms in total. The fraction of sp³-hybridized carbons (Fsp3) is 0.545. The fourth-order valence-corrected chi connectivity index (χ4v) is 1.42. The Morgan fingerprint density at radius 1 is 1.50 bits per heavy atom. The molecule has 0 spiro atoms. The molecule has 0 radical (unpaired) electrons. The molecule has 1 rings (SSSR count). The van der Waals surface area contributed by atoms with Crippen LogP contribution in [0.4, 0.5) is 5.88 Å². The van der Waals surface area contributed by atoms with Crippen molar-refractivity contribution in [1.29, 1.82) is 0 Å². The van der Waals surface area contributed by atoms with E-state index in [1.165, 1.54) is 6.07 Å². The number of furan rings is 1. The Morgan fingerprint density at radius 2 is 2.19 bits per heavy atom. The van der Waals surface area contributed by atoms with Gasteiger partial charge in [0.05, 0.1) is 0 Å². The zero-order chi connectivity index (χ0) is 12.1. The highest BCUT2D eigenvalue weighted by molar-refractivity contribution is 5.84. The summed E-state index contributed by atoms with van der Waals surface area (Å²) in [4.78, 5) is 10.6. The topological polar surface area (TPSA) is 82.7 Å². The molecule has 0 saturated carbocycles. The van der Waals surface area contributed by atoms with Crippen LogP contribution in [0.3, 0.4) is 0 Å². The number of nitrogens with one attached hydrogen (secondary N) is 1. The van der Waals surface area contributed by atoms with E-state index in [0.29, 0.717) is 18.2 Å². The highest BCUT2D eigenvalue weighted by Crippen LogP contribution is 2.18. The molecular weight excluding hydrogens is 210 g/mol. The van der Waals surface area contributed by atoms with Gasteiger partial charge in [0.25, 0.3) is 0 Å². The lowest BCUT2D eigenvalue weighted by molar-refractivity contribution is 0.0663. The summed E-state index contributed by atoms with van der Waals surface area (Å²) >= 11 is 0. The van der Waals surface area contributed by atoms with E-state index in [9.17, 15) is 4.79 Å². The van der Waals surface area contributed by atoms with Crippen molar-refractivity contribution in [3.05, 3.63) is 17.9 Å². The van der Waals surface area contributed by atoms with Gasteiger partial charge in [0.1, 0.15) is 0 Å². The van der Waals surface area contributed by atoms with Gasteiger partial charge in [-0.15, -0.1) is 0 Å². The summed E-state index contributed by atoms with van der Waals surface area (Å²) < 4.78 is 5.08. The third kappa shape index (κ3) is 3.27. The van der Waals surface area contributed by atoms with Crippen LogP contribution in [0, 0.1) is 5.92 Å². The quantitative estimate of drug-likeness (QED) is 0.690. The molecule has 5 heteroatoms. The van der Waals surface area contributed by atoms with E-state index >= 15 is 0 Å². The minimum atomic E-state index is -1.09. The fourth-order valence-electron chi connectivity index (χ4n) is 1.42. The summed E-state index contributed by atoms with van der Waals surface area (Å²) in [6.45, 7) is 4.13. The van der Waals surface area contributed by atoms with Gasteiger partial charge in [-0.1, -0.05) is 13.8 Å². The molecule has 0 aliphatic rings. The predicted octanol–water partition coefficient (Wildman–Crippen LogP) is 1.80. The second-order valence-corrected chi connectivity index (χ2v) is 3.98. The molecule has 0 bridgehead atoms. The van der Waals surface area contributed by atoms with Crippen LogP contribution in [0.25, 0.3) is 0 Å². The number of anilines is 1. The van der Waals surface area contributed by atoms with E-state index in [1.54, 1.807) is 6.07 Å². The molecule has 1 heterocycles. The first-order valence-corrected chi connectivity index (χ1v) is 5.25. The number of carboxylic acids is 1. The van der Waals surface area contributed by atoms with Gasteiger partial charge in [-0.05, 0) is 18.4 Å². The summed E-state index contributed by atoms with van der Waals surface area (Å²) in [5.74, 6) is -0.430. The molecule has 0 fully saturated rings. The monoisotopic (exact) mass is 227 g/mol. The van der Waals surface area contributed by atoms with Crippen LogP contribution in [0.2, 0.25) is 0 Å². The Labute approximate surface area is 94.1 Å². The molecule has 0 aliphatic carbocycles. The number of carbonyl (C=O) groups is 1. The van der Waals surface area contributed by atoms with Crippen LogP contribution in [0.1, 0.15) is 30.8 Å². The van der Waals surface area contributed by atoms with Gasteiger partial charge in [-0.2, -0.15) is 0 Å². The van der Waals surface area contributed by atoms with E-state index in [2.05, 4.69) is 5.32 Å². The number of hydrogen-bond acceptors (Lipinski definition) is 4. The zero-order valence-electron chi connectivity index (χ0n) is 9.43. The normalized spacial score (nSPS) is 12.8. The van der Waals surface area contributed by atoms with Crippen LogP contribution in [0.15, 0.2) is 16.5 Å². The van der Waals surface area contributed by atoms with Crippen molar-refractivity contribution in [3.8, 4) is 0 Å². The second kappa shape index (κ2) is 5.55. The predicted molar refractivity (Wildman–Crippen MR) is 59.6 cm³/mol. The van der Waals surface area contributed by atoms with Crippen molar-refractivity contribution >= 4 is 11.9 Å². The molecular formula is C11H17NO4. The average molecular weight is 227 g/mol. The highest BCUT2D eigenvalue weighted by Gasteiger charge is 2.15. The first-order chi connectivity index (χ1) is 7.54. The molecule has 90 valence electrons. The third-order valence-electron chi connectivity index (χ3n) is 2.39. The highest BCUT2D eigenvalue weighted by atomic mass is 16.4. The molecule has 1 unspecified atom stereocenters. The molecule has 1 aromatic rings. The van der Waals surface area contributed by atoms with Gasteiger partial charge in [0, 0.05) is 18.7 Å². The maximum absolute atomic E-state index is 10.6. The number of aromatic carboxylic acids is 1. The zero-order valence-corrected chi connectivity index (χ0v) is 9.43. The van der Waals surface area contributed by atoms with Gasteiger partial charge < -0.3 is 19.9 Å². The summed E-state index contributed by atoms with van der Waals surface area (Å²) in [6, 6.07) is 3.05. The van der Waals surface area contributed by atoms with Gasteiger partial charge in [-0.3, -0.25) is 0 Å². The van der Waals surface area contributed by atoms with Crippen molar-refractivity contribution in [2.45, 2.75) is 26.3 Å². The Hall–Kier alpha value is -1.49. The summed E-state index contributed by atoms with van der Waals surface area (Å²) in [7, 11) is 0. The average Bonchev–Trinajstić information content (AvgIpc) is 2.65. The molecule has 0 saturated heterocycles. The van der Waals surface area contributed by atoms with Gasteiger partial charge in [0.15, 0.2) is 5.88 Å². The Bertz CT molecular complexity index is 346. The van der Waals surface area contributed by atoms with Crippen LogP contribution in [-0.4, -0.2) is 28.8 Å². The number of rotatable bonds is 6. The number of aliphatic hydroxyl groups excluding tert-OH is 1. The van der Waals surface area contributed by atoms with E-state index in [-0.39, 0.29) is 18.4 Å². The van der Waals surface area contributed by atoms with Gasteiger partial charge in [0.2, 0.25) is 5.76 Å². The number of hydrogen-bond donors (Lipinski definition) is 3. The smallest absolute Gasteiger partial charge is 0.371 e. The Balaban J connectivity index is 2.66. The van der Waals surface area contributed by atoms with Crippen molar-refractivity contribution in [2.24, 2.45) is 5.92 Å². The molecule has 16 heavy (non-hydrogen) atoms. The van der Waals surface area contributed by atoms with Crippen LogP contribution >= 0.6 is 0 Å². The lowest BCUT2D eigenvalue weighted by Gasteiger charge is -2.20. The van der Waals surface area contributed by atoms with E-state index < -0.39 is 5.97 Å². The lowest BCUT2D eigenvalue weighted by Crippen LogP contribution is -2.26. The Kier molecular flexibility index (Phi) is 4.37. The van der Waals surface area contributed by atoms with E-state index in [0.717, 1.165) is 0 Å². The SMILES string of the molecule is CC(C)C(CCO)Nc1ccc(C(=O)O)o1. The van der Waals surface area contributed by atoms with Crippen molar-refractivity contribution < 1.29 is 19.4 Å². The van der Waals surface area contributed by atoms with Crippen molar-refractivity contribution in [2.75, 3.05) is 11.9 Å². The van der Waals surface area contributed by atoms with Crippen molar-refractivity contribution in [1.82, 2.24) is 0 Å². The first-order valence-electron chi connectivity index (χ1n) is 5.25. The standard InChI is InChI=1S/C11H17NO4/c1-7(2)8(5-6-13)12-10-4-3-9(16-10)11(14)15/h3-4,7-8,12-13H,5-6H2,1-2H3,(H,14,15). The largest absolute Gasteiger partial charge is 0.475 e. The third-order valence-corrected chi connectivity index (χ3v) is 2.39. The molecule has 3 N–H and O–H groups in total. The van der Waals surface area contributed by atoms with E-state index in [1.807, 2.05) is 13.8 Å². The molecule has 0 aromatic carbocycles. The first kappa shape index (κ1) is 12.6. The number of aliphatic hydroxyl groups is 1. The van der Waals surface area contributed by atoms with E-state index in [4.69, 9.17) is 14.6 Å². The van der Waals surface area contributed by atoms with Crippen molar-refractivity contribution in [3.63, 3.8) is 0 Å². The van der Waals surface area contributed by atoms with Gasteiger partial charge in [-0.25, -0.2) is 4.79 Å². The van der Waals surface area contributed by atoms with Crippen LogP contribution in [0.5, 0.6) is 0 Å². The second-order valence-electron chi connectivity index (χ2n) is 3.98. The van der Waals surface area contributed by atoms with Gasteiger partial charge >= 0.3 is 5.97 Å². The van der Waals surface area contributed by atoms with Crippen LogP contribution in [-0.2, 0) is 0 Å². The minimum Gasteiger partial charge on any atom is -0.475 e. The summed E-state index contributed by atoms with van der Waals surface area (Å²) in [5.41, 5.74) is 0. The lowest BCUT2D eigenvalue weighted by atomic mass is 10.0. The van der Waals surface area contributed by atoms with Crippen LogP contribution < -0.4 is 5.32 Å². The summed E-state index contributed by atoms with van der Waals surface area (Å²) in [5, 5.41) is 20.6. The maximum Gasteiger partial charge on any atom is 0.371 e. The maximum atomic E-state index is 10.6. The number of carboxylic acid groups (broad SMARTS) is 1. The molecule has 1 atom stereocenters. The molecule has 0 aliphatic heterocycles. The minimum absolute atomic E-state index is 0.0674. The molecule has 1 aromatic heterocycles. The summed E-state index contributed by atoms with van der Waals surface area (Å²) in [6.07, 6.45) is 0.598. The Morgan fingerprint density at radius 3 is 2.62 bits per heavy atom. The molecule has 0 amide bonds.